The van der Waals surface area contributed by atoms with Gasteiger partial charge in [-0.2, -0.15) is 0 Å². The molecular weight excluding hydrogens is 258 g/mol. The predicted octanol–water partition coefficient (Wildman–Crippen LogP) is 1.99. The topological polar surface area (TPSA) is 75.6 Å². The van der Waals surface area contributed by atoms with Crippen LogP contribution in [0.15, 0.2) is 18.2 Å². The summed E-state index contributed by atoms with van der Waals surface area (Å²) in [5, 5.41) is 12.0. The first kappa shape index (κ1) is 14.5. The Morgan fingerprint density at radius 1 is 1.30 bits per heavy atom. The molecule has 0 saturated carbocycles. The summed E-state index contributed by atoms with van der Waals surface area (Å²) in [6.07, 6.45) is 1.71. The first-order valence-corrected chi connectivity index (χ1v) is 6.73. The number of hydrogen-bond acceptors (Lipinski definition) is 3. The third-order valence-electron chi connectivity index (χ3n) is 3.41. The summed E-state index contributed by atoms with van der Waals surface area (Å²) in [5.41, 5.74) is 1.28. The maximum Gasteiger partial charge on any atom is 0.335 e. The fraction of sp³-hybridized carbons (Fsp3) is 0.467. The second kappa shape index (κ2) is 6.05. The van der Waals surface area contributed by atoms with Crippen molar-refractivity contribution in [3.05, 3.63) is 34.9 Å². The van der Waals surface area contributed by atoms with E-state index in [2.05, 4.69) is 5.32 Å². The van der Waals surface area contributed by atoms with Gasteiger partial charge in [0, 0.05) is 18.2 Å². The summed E-state index contributed by atoms with van der Waals surface area (Å²) >= 11 is 0. The molecule has 0 aliphatic carbocycles. The first-order chi connectivity index (χ1) is 9.45. The summed E-state index contributed by atoms with van der Waals surface area (Å²) < 4.78 is 5.44. The van der Waals surface area contributed by atoms with Gasteiger partial charge in [-0.15, -0.1) is 0 Å². The van der Waals surface area contributed by atoms with Crippen LogP contribution in [0.5, 0.6) is 0 Å². The number of amides is 1. The van der Waals surface area contributed by atoms with Crippen molar-refractivity contribution in [1.82, 2.24) is 5.32 Å². The van der Waals surface area contributed by atoms with Gasteiger partial charge in [0.2, 0.25) is 0 Å². The van der Waals surface area contributed by atoms with E-state index in [0.717, 1.165) is 18.4 Å². The summed E-state index contributed by atoms with van der Waals surface area (Å²) in [6, 6.07) is 4.74. The largest absolute Gasteiger partial charge is 0.478 e. The smallest absolute Gasteiger partial charge is 0.335 e. The highest BCUT2D eigenvalue weighted by atomic mass is 16.5. The van der Waals surface area contributed by atoms with Crippen LogP contribution in [0.4, 0.5) is 0 Å². The number of nitrogens with one attached hydrogen (secondary N) is 1. The van der Waals surface area contributed by atoms with Crippen LogP contribution in [0.1, 0.15) is 46.0 Å². The lowest BCUT2D eigenvalue weighted by atomic mass is 10.0. The molecule has 0 bridgehead atoms. The molecule has 2 unspecified atom stereocenters. The number of ether oxygens (including phenoxy) is 1. The van der Waals surface area contributed by atoms with Crippen molar-refractivity contribution in [2.24, 2.45) is 0 Å². The van der Waals surface area contributed by atoms with Gasteiger partial charge in [-0.1, -0.05) is 0 Å². The SMILES string of the molecule is Cc1cc(C(=O)O)cc(C(=O)NC2CCOC(C)C2)c1. The van der Waals surface area contributed by atoms with Gasteiger partial charge in [-0.3, -0.25) is 4.79 Å². The van der Waals surface area contributed by atoms with Crippen LogP contribution < -0.4 is 5.32 Å². The number of benzene rings is 1. The van der Waals surface area contributed by atoms with E-state index in [-0.39, 0.29) is 23.6 Å². The average Bonchev–Trinajstić information content (AvgIpc) is 2.37. The Balaban J connectivity index is 2.10. The maximum atomic E-state index is 12.2. The lowest BCUT2D eigenvalue weighted by molar-refractivity contribution is 0.0136. The van der Waals surface area contributed by atoms with Crippen molar-refractivity contribution < 1.29 is 19.4 Å². The second-order valence-electron chi connectivity index (χ2n) is 5.27. The molecule has 20 heavy (non-hydrogen) atoms. The molecule has 5 nitrogen and oxygen atoms in total. The molecule has 0 aromatic heterocycles. The molecular formula is C15H19NO4. The monoisotopic (exact) mass is 277 g/mol. The van der Waals surface area contributed by atoms with Gasteiger partial charge in [0.15, 0.2) is 0 Å². The molecule has 108 valence electrons. The van der Waals surface area contributed by atoms with Gasteiger partial charge in [0.1, 0.15) is 0 Å². The highest BCUT2D eigenvalue weighted by molar-refractivity contribution is 5.97. The third-order valence-corrected chi connectivity index (χ3v) is 3.41. The normalized spacial score (nSPS) is 22.3. The molecule has 1 fully saturated rings. The number of carboxylic acids is 1. The van der Waals surface area contributed by atoms with E-state index in [1.165, 1.54) is 6.07 Å². The number of aromatic carboxylic acids is 1. The highest BCUT2D eigenvalue weighted by Gasteiger charge is 2.21. The number of hydrogen-bond donors (Lipinski definition) is 2. The van der Waals surface area contributed by atoms with Crippen molar-refractivity contribution in [3.8, 4) is 0 Å². The molecule has 1 amide bonds. The Morgan fingerprint density at radius 3 is 2.65 bits per heavy atom. The number of carboxylic acid groups (broad SMARTS) is 1. The summed E-state index contributed by atoms with van der Waals surface area (Å²) in [6.45, 7) is 4.40. The zero-order valence-electron chi connectivity index (χ0n) is 11.7. The van der Waals surface area contributed by atoms with Crippen LogP contribution in [0.25, 0.3) is 0 Å². The molecule has 1 aliphatic rings. The number of rotatable bonds is 3. The van der Waals surface area contributed by atoms with Crippen molar-refractivity contribution in [3.63, 3.8) is 0 Å². The summed E-state index contributed by atoms with van der Waals surface area (Å²) in [4.78, 5) is 23.2. The van der Waals surface area contributed by atoms with E-state index >= 15 is 0 Å². The van der Waals surface area contributed by atoms with E-state index in [9.17, 15) is 9.59 Å². The van der Waals surface area contributed by atoms with E-state index in [0.29, 0.717) is 12.2 Å². The Bertz CT molecular complexity index is 527. The third kappa shape index (κ3) is 3.57. The minimum absolute atomic E-state index is 0.0834. The Hall–Kier alpha value is -1.88. The minimum atomic E-state index is -1.03. The van der Waals surface area contributed by atoms with E-state index in [4.69, 9.17) is 9.84 Å². The maximum absolute atomic E-state index is 12.2. The molecule has 0 radical (unpaired) electrons. The van der Waals surface area contributed by atoms with Gasteiger partial charge in [0.25, 0.3) is 5.91 Å². The number of aryl methyl sites for hydroxylation is 1. The van der Waals surface area contributed by atoms with Crippen LogP contribution in [0, 0.1) is 6.92 Å². The van der Waals surface area contributed by atoms with Gasteiger partial charge in [-0.25, -0.2) is 4.79 Å². The lowest BCUT2D eigenvalue weighted by Crippen LogP contribution is -2.41. The van der Waals surface area contributed by atoms with E-state index < -0.39 is 5.97 Å². The zero-order valence-corrected chi connectivity index (χ0v) is 11.7. The molecule has 2 rings (SSSR count). The summed E-state index contributed by atoms with van der Waals surface area (Å²) in [5.74, 6) is -1.25. The molecule has 2 N–H and O–H groups in total. The minimum Gasteiger partial charge on any atom is -0.478 e. The molecule has 0 spiro atoms. The fourth-order valence-corrected chi connectivity index (χ4v) is 2.44. The molecule has 1 aromatic rings. The van der Waals surface area contributed by atoms with Crippen LogP contribution in [0.2, 0.25) is 0 Å². The Morgan fingerprint density at radius 2 is 2.00 bits per heavy atom. The predicted molar refractivity (Wildman–Crippen MR) is 74.0 cm³/mol. The van der Waals surface area contributed by atoms with Crippen molar-refractivity contribution in [1.29, 1.82) is 0 Å². The summed E-state index contributed by atoms with van der Waals surface area (Å²) in [7, 11) is 0. The number of carbonyl (C=O) groups is 2. The highest BCUT2D eigenvalue weighted by Crippen LogP contribution is 2.15. The lowest BCUT2D eigenvalue weighted by Gasteiger charge is -2.28. The van der Waals surface area contributed by atoms with Gasteiger partial charge in [0.05, 0.1) is 11.7 Å². The zero-order chi connectivity index (χ0) is 14.7. The molecule has 1 aromatic carbocycles. The number of carbonyl (C=O) groups excluding carboxylic acids is 1. The Labute approximate surface area is 117 Å². The van der Waals surface area contributed by atoms with Crippen LogP contribution in [-0.2, 0) is 4.74 Å². The van der Waals surface area contributed by atoms with Crippen molar-refractivity contribution in [2.45, 2.75) is 38.8 Å². The van der Waals surface area contributed by atoms with E-state index in [1.54, 1.807) is 19.1 Å². The molecule has 1 heterocycles. The second-order valence-corrected chi connectivity index (χ2v) is 5.27. The molecule has 5 heteroatoms. The molecule has 1 aliphatic heterocycles. The molecule has 1 saturated heterocycles. The van der Waals surface area contributed by atoms with Crippen molar-refractivity contribution in [2.75, 3.05) is 6.61 Å². The Kier molecular flexibility index (Phi) is 4.39. The fourth-order valence-electron chi connectivity index (χ4n) is 2.44. The van der Waals surface area contributed by atoms with Gasteiger partial charge < -0.3 is 15.2 Å². The quantitative estimate of drug-likeness (QED) is 0.886. The van der Waals surface area contributed by atoms with Gasteiger partial charge in [-0.05, 0) is 50.5 Å². The average molecular weight is 277 g/mol. The van der Waals surface area contributed by atoms with Crippen molar-refractivity contribution >= 4 is 11.9 Å². The van der Waals surface area contributed by atoms with Gasteiger partial charge >= 0.3 is 5.97 Å². The molecule has 2 atom stereocenters. The van der Waals surface area contributed by atoms with E-state index in [1.807, 2.05) is 6.92 Å². The first-order valence-electron chi connectivity index (χ1n) is 6.73. The standard InChI is InChI=1S/C15H19NO4/c1-9-5-11(8-12(6-9)15(18)19)14(17)16-13-3-4-20-10(2)7-13/h5-6,8,10,13H,3-4,7H2,1-2H3,(H,16,17)(H,18,19). The van der Waals surface area contributed by atoms with Crippen LogP contribution in [0.3, 0.4) is 0 Å². The van der Waals surface area contributed by atoms with Crippen LogP contribution >= 0.6 is 0 Å². The van der Waals surface area contributed by atoms with Crippen LogP contribution in [-0.4, -0.2) is 35.7 Å².